The van der Waals surface area contributed by atoms with Crippen molar-refractivity contribution in [3.63, 3.8) is 0 Å². The van der Waals surface area contributed by atoms with Crippen molar-refractivity contribution in [2.24, 2.45) is 0 Å². The van der Waals surface area contributed by atoms with Gasteiger partial charge in [0.05, 0.1) is 17.2 Å². The zero-order valence-electron chi connectivity index (χ0n) is 16.2. The summed E-state index contributed by atoms with van der Waals surface area (Å²) >= 11 is 7.35. The number of carbonyl (C=O) groups excluding carboxylic acids is 2. The number of hydrogen-bond donors (Lipinski definition) is 3. The molecule has 0 saturated carbocycles. The Kier molecular flexibility index (Phi) is 6.24. The molecule has 3 aromatic rings. The van der Waals surface area contributed by atoms with E-state index in [2.05, 4.69) is 20.6 Å². The molecule has 32 heavy (non-hydrogen) atoms. The lowest BCUT2D eigenvalue weighted by atomic mass is 9.92. The zero-order chi connectivity index (χ0) is 22.8. The van der Waals surface area contributed by atoms with Crippen LogP contribution in [-0.4, -0.2) is 21.8 Å². The number of benzene rings is 2. The first kappa shape index (κ1) is 22.0. The van der Waals surface area contributed by atoms with Crippen LogP contribution in [0, 0.1) is 11.6 Å². The fourth-order valence-electron chi connectivity index (χ4n) is 3.22. The molecule has 1 aliphatic rings. The number of H-pyrrole nitrogens is 1. The third-order valence-corrected chi connectivity index (χ3v) is 6.05. The van der Waals surface area contributed by atoms with Crippen molar-refractivity contribution < 1.29 is 18.4 Å². The molecule has 2 aromatic carbocycles. The molecule has 1 atom stereocenters. The lowest BCUT2D eigenvalue weighted by molar-refractivity contribution is -0.123. The van der Waals surface area contributed by atoms with Crippen molar-refractivity contribution in [2.75, 3.05) is 10.6 Å². The first-order valence-corrected chi connectivity index (χ1v) is 10.7. The van der Waals surface area contributed by atoms with Crippen LogP contribution >= 0.6 is 23.4 Å². The standard InChI is InChI=1S/C21H15ClF2N4O3S/c22-13-4-2-1-3-10(13)9-32-21-27-18-17(20(31)28-21)12(8-16(29)26-18)19(30)25-15-6-5-11(23)7-14(15)24/h1-7,12H,8-9H2,(H,25,30)(H2,26,27,28,29,31)/t12-/m0/s1. The van der Waals surface area contributed by atoms with Crippen LogP contribution in [-0.2, 0) is 15.3 Å². The smallest absolute Gasteiger partial charge is 0.257 e. The topological polar surface area (TPSA) is 104 Å². The van der Waals surface area contributed by atoms with E-state index < -0.39 is 34.9 Å². The monoisotopic (exact) mass is 476 g/mol. The molecule has 4 rings (SSSR count). The van der Waals surface area contributed by atoms with E-state index in [4.69, 9.17) is 11.6 Å². The van der Waals surface area contributed by atoms with Crippen LogP contribution in [0.15, 0.2) is 52.4 Å². The van der Waals surface area contributed by atoms with E-state index in [1.54, 1.807) is 12.1 Å². The molecule has 0 fully saturated rings. The largest absolute Gasteiger partial charge is 0.323 e. The molecule has 1 aliphatic heterocycles. The first-order chi connectivity index (χ1) is 15.3. The van der Waals surface area contributed by atoms with Crippen LogP contribution in [0.25, 0.3) is 0 Å². The molecule has 11 heteroatoms. The predicted molar refractivity (Wildman–Crippen MR) is 117 cm³/mol. The number of fused-ring (bicyclic) bond motifs is 1. The van der Waals surface area contributed by atoms with Crippen molar-refractivity contribution in [3.8, 4) is 0 Å². The average Bonchev–Trinajstić information content (AvgIpc) is 2.74. The number of aromatic amines is 1. The van der Waals surface area contributed by atoms with Gasteiger partial charge in [-0.1, -0.05) is 41.6 Å². The number of aromatic nitrogens is 2. The quantitative estimate of drug-likeness (QED) is 0.380. The van der Waals surface area contributed by atoms with E-state index in [0.29, 0.717) is 16.8 Å². The summed E-state index contributed by atoms with van der Waals surface area (Å²) in [5.74, 6) is -3.88. The summed E-state index contributed by atoms with van der Waals surface area (Å²) in [5.41, 5.74) is -0.0644. The van der Waals surface area contributed by atoms with Gasteiger partial charge in [-0.05, 0) is 23.8 Å². The van der Waals surface area contributed by atoms with E-state index in [9.17, 15) is 23.2 Å². The minimum absolute atomic E-state index is 0.0355. The summed E-state index contributed by atoms with van der Waals surface area (Å²) in [6, 6.07) is 9.87. The summed E-state index contributed by atoms with van der Waals surface area (Å²) in [7, 11) is 0. The van der Waals surface area contributed by atoms with Crippen molar-refractivity contribution in [1.29, 1.82) is 0 Å². The highest BCUT2D eigenvalue weighted by Gasteiger charge is 2.35. The van der Waals surface area contributed by atoms with Gasteiger partial charge < -0.3 is 15.6 Å². The Morgan fingerprint density at radius 3 is 2.75 bits per heavy atom. The van der Waals surface area contributed by atoms with E-state index in [0.717, 1.165) is 17.7 Å². The number of nitrogens with zero attached hydrogens (tertiary/aromatic N) is 1. The summed E-state index contributed by atoms with van der Waals surface area (Å²) in [6.45, 7) is 0. The Bertz CT molecular complexity index is 1280. The number of amides is 2. The number of hydrogen-bond acceptors (Lipinski definition) is 5. The molecule has 0 bridgehead atoms. The second-order valence-electron chi connectivity index (χ2n) is 6.93. The predicted octanol–water partition coefficient (Wildman–Crippen LogP) is 4.06. The van der Waals surface area contributed by atoms with Gasteiger partial charge in [0.1, 0.15) is 17.5 Å². The molecule has 0 unspecified atom stereocenters. The Balaban J connectivity index is 1.59. The van der Waals surface area contributed by atoms with E-state index >= 15 is 0 Å². The summed E-state index contributed by atoms with van der Waals surface area (Å²) < 4.78 is 27.0. The van der Waals surface area contributed by atoms with Crippen LogP contribution < -0.4 is 16.2 Å². The maximum absolute atomic E-state index is 13.9. The molecule has 164 valence electrons. The lowest BCUT2D eigenvalue weighted by Gasteiger charge is -2.23. The molecule has 2 amide bonds. The molecular formula is C21H15ClF2N4O3S. The normalized spacial score (nSPS) is 15.1. The second-order valence-corrected chi connectivity index (χ2v) is 8.30. The minimum Gasteiger partial charge on any atom is -0.323 e. The first-order valence-electron chi connectivity index (χ1n) is 9.38. The van der Waals surface area contributed by atoms with Crippen molar-refractivity contribution in [1.82, 2.24) is 9.97 Å². The van der Waals surface area contributed by atoms with Gasteiger partial charge in [0.15, 0.2) is 5.16 Å². The summed E-state index contributed by atoms with van der Waals surface area (Å²) in [4.78, 5) is 44.5. The number of nitrogens with one attached hydrogen (secondary N) is 3. The zero-order valence-corrected chi connectivity index (χ0v) is 17.8. The van der Waals surface area contributed by atoms with E-state index in [1.807, 2.05) is 12.1 Å². The second kappa shape index (κ2) is 9.09. The van der Waals surface area contributed by atoms with Crippen LogP contribution in [0.4, 0.5) is 20.3 Å². The molecule has 2 heterocycles. The summed E-state index contributed by atoms with van der Waals surface area (Å²) in [6.07, 6.45) is -0.321. The van der Waals surface area contributed by atoms with Crippen LogP contribution in [0.3, 0.4) is 0 Å². The fraction of sp³-hybridized carbons (Fsp3) is 0.143. The summed E-state index contributed by atoms with van der Waals surface area (Å²) in [5, 5.41) is 5.61. The van der Waals surface area contributed by atoms with E-state index in [-0.39, 0.29) is 28.6 Å². The van der Waals surface area contributed by atoms with Gasteiger partial charge >= 0.3 is 0 Å². The Labute approximate surface area is 189 Å². The van der Waals surface area contributed by atoms with Gasteiger partial charge in [-0.2, -0.15) is 0 Å². The van der Waals surface area contributed by atoms with Crippen molar-refractivity contribution >= 4 is 46.7 Å². The van der Waals surface area contributed by atoms with Gasteiger partial charge in [0.2, 0.25) is 11.8 Å². The maximum atomic E-state index is 13.9. The third-order valence-electron chi connectivity index (χ3n) is 4.76. The molecule has 7 nitrogen and oxygen atoms in total. The average molecular weight is 477 g/mol. The van der Waals surface area contributed by atoms with Crippen LogP contribution in [0.1, 0.15) is 23.5 Å². The Morgan fingerprint density at radius 1 is 1.22 bits per heavy atom. The number of rotatable bonds is 5. The van der Waals surface area contributed by atoms with Gasteiger partial charge in [0.25, 0.3) is 5.56 Å². The highest BCUT2D eigenvalue weighted by atomic mass is 35.5. The number of carbonyl (C=O) groups is 2. The Morgan fingerprint density at radius 2 is 2.00 bits per heavy atom. The van der Waals surface area contributed by atoms with Gasteiger partial charge in [0, 0.05) is 23.3 Å². The van der Waals surface area contributed by atoms with Crippen LogP contribution in [0.2, 0.25) is 5.02 Å². The molecule has 0 spiro atoms. The minimum atomic E-state index is -1.19. The Hall–Kier alpha value is -3.24. The van der Waals surface area contributed by atoms with Gasteiger partial charge in [-0.3, -0.25) is 14.4 Å². The molecule has 0 saturated heterocycles. The highest BCUT2D eigenvalue weighted by Crippen LogP contribution is 2.32. The number of halogens is 3. The SMILES string of the molecule is O=C1C[C@H](C(=O)Nc2ccc(F)cc2F)c2c(nc(SCc3ccccc3Cl)[nH]c2=O)N1. The molecule has 0 aliphatic carbocycles. The maximum Gasteiger partial charge on any atom is 0.257 e. The van der Waals surface area contributed by atoms with Crippen molar-refractivity contribution in [3.05, 3.63) is 80.6 Å². The highest BCUT2D eigenvalue weighted by molar-refractivity contribution is 7.98. The fourth-order valence-corrected chi connectivity index (χ4v) is 4.36. The van der Waals surface area contributed by atoms with Crippen LogP contribution in [0.5, 0.6) is 0 Å². The van der Waals surface area contributed by atoms with E-state index in [1.165, 1.54) is 11.8 Å². The molecule has 0 radical (unpaired) electrons. The lowest BCUT2D eigenvalue weighted by Crippen LogP contribution is -2.36. The molecule has 1 aromatic heterocycles. The van der Waals surface area contributed by atoms with Gasteiger partial charge in [-0.25, -0.2) is 13.8 Å². The third kappa shape index (κ3) is 4.66. The number of thioether (sulfide) groups is 1. The molecule has 3 N–H and O–H groups in total. The van der Waals surface area contributed by atoms with Gasteiger partial charge in [-0.15, -0.1) is 0 Å². The van der Waals surface area contributed by atoms with Crippen molar-refractivity contribution in [2.45, 2.75) is 23.2 Å². The number of anilines is 2. The molecular weight excluding hydrogens is 462 g/mol.